The molecule has 2 rings (SSSR count). The molecule has 0 unspecified atom stereocenters. The highest BCUT2D eigenvalue weighted by Gasteiger charge is 2.34. The molecule has 118 valence electrons. The monoisotopic (exact) mass is 370 g/mol. The fraction of sp³-hybridized carbons (Fsp3) is 0.0833. The number of benzene rings is 1. The normalized spacial score (nSPS) is 12.2. The quantitative estimate of drug-likeness (QED) is 0.880. The topological polar surface area (TPSA) is 59.1 Å². The molecule has 0 aliphatic carbocycles. The molecule has 4 nitrogen and oxygen atoms in total. The molecule has 0 amide bonds. The highest BCUT2D eigenvalue weighted by molar-refractivity contribution is 7.92. The molecule has 1 heterocycles. The third kappa shape index (κ3) is 3.82. The summed E-state index contributed by atoms with van der Waals surface area (Å²) >= 11 is 11.1. The summed E-state index contributed by atoms with van der Waals surface area (Å²) in [4.78, 5) is 3.09. The van der Waals surface area contributed by atoms with Crippen LogP contribution in [0.2, 0.25) is 10.0 Å². The van der Waals surface area contributed by atoms with Crippen LogP contribution in [0.15, 0.2) is 41.6 Å². The van der Waals surface area contributed by atoms with Gasteiger partial charge >= 0.3 is 6.18 Å². The van der Waals surface area contributed by atoms with Crippen molar-refractivity contribution in [2.45, 2.75) is 11.1 Å². The van der Waals surface area contributed by atoms with Gasteiger partial charge in [-0.15, -0.1) is 0 Å². The van der Waals surface area contributed by atoms with Gasteiger partial charge in [-0.25, -0.2) is 8.42 Å². The minimum absolute atomic E-state index is 0.0241. The number of pyridine rings is 1. The van der Waals surface area contributed by atoms with Crippen LogP contribution in [-0.2, 0) is 16.2 Å². The third-order valence-corrected chi connectivity index (χ3v) is 4.43. The van der Waals surface area contributed by atoms with Crippen LogP contribution in [0, 0.1) is 0 Å². The third-order valence-electron chi connectivity index (χ3n) is 2.51. The highest BCUT2D eigenvalue weighted by Crippen LogP contribution is 2.36. The van der Waals surface area contributed by atoms with E-state index in [0.29, 0.717) is 6.07 Å². The molecule has 0 saturated heterocycles. The number of nitrogens with one attached hydrogen (secondary N) is 1. The van der Waals surface area contributed by atoms with Crippen molar-refractivity contribution in [3.8, 4) is 0 Å². The molecule has 22 heavy (non-hydrogen) atoms. The summed E-state index contributed by atoms with van der Waals surface area (Å²) in [6.07, 6.45) is -2.31. The maximum atomic E-state index is 12.8. The first kappa shape index (κ1) is 16.9. The standard InChI is InChI=1S/C12H7Cl2F3N2O2S/c13-7-3-8(6-18-5-7)19-22(20,21)9-1-2-11(14)10(4-9)12(15,16)17/h1-6,19H. The zero-order chi connectivity index (χ0) is 16.5. The Kier molecular flexibility index (Phi) is 4.55. The number of halogens is 5. The van der Waals surface area contributed by atoms with Crippen molar-refractivity contribution in [1.82, 2.24) is 4.98 Å². The Hall–Kier alpha value is -1.51. The molecule has 0 spiro atoms. The molecule has 0 saturated carbocycles. The number of hydrogen-bond donors (Lipinski definition) is 1. The van der Waals surface area contributed by atoms with Gasteiger partial charge in [-0.3, -0.25) is 9.71 Å². The Balaban J connectivity index is 2.42. The van der Waals surface area contributed by atoms with Crippen molar-refractivity contribution in [3.05, 3.63) is 52.3 Å². The van der Waals surface area contributed by atoms with Gasteiger partial charge in [0.05, 0.1) is 32.4 Å². The number of alkyl halides is 3. The summed E-state index contributed by atoms with van der Waals surface area (Å²) in [7, 11) is -4.24. The predicted octanol–water partition coefficient (Wildman–Crippen LogP) is 4.21. The summed E-state index contributed by atoms with van der Waals surface area (Å²) in [5.41, 5.74) is -1.21. The summed E-state index contributed by atoms with van der Waals surface area (Å²) in [5.74, 6) is 0. The number of anilines is 1. The van der Waals surface area contributed by atoms with Crippen LogP contribution in [0.1, 0.15) is 5.56 Å². The second-order valence-corrected chi connectivity index (χ2v) is 6.66. The van der Waals surface area contributed by atoms with E-state index in [9.17, 15) is 21.6 Å². The van der Waals surface area contributed by atoms with E-state index in [1.165, 1.54) is 18.5 Å². The van der Waals surface area contributed by atoms with Crippen molar-refractivity contribution in [1.29, 1.82) is 0 Å². The van der Waals surface area contributed by atoms with Crippen LogP contribution < -0.4 is 4.72 Å². The molecule has 10 heteroatoms. The first-order valence-electron chi connectivity index (χ1n) is 5.60. The van der Waals surface area contributed by atoms with Gasteiger partial charge in [0.15, 0.2) is 0 Å². The number of aromatic nitrogens is 1. The Morgan fingerprint density at radius 1 is 1.09 bits per heavy atom. The van der Waals surface area contributed by atoms with Crippen molar-refractivity contribution < 1.29 is 21.6 Å². The lowest BCUT2D eigenvalue weighted by atomic mass is 10.2. The minimum atomic E-state index is -4.76. The number of sulfonamides is 1. The number of nitrogens with zero attached hydrogens (tertiary/aromatic N) is 1. The molecule has 0 fully saturated rings. The van der Waals surface area contributed by atoms with E-state index in [-0.39, 0.29) is 10.7 Å². The van der Waals surface area contributed by atoms with Crippen LogP contribution in [0.4, 0.5) is 18.9 Å². The molecule has 0 aliphatic rings. The largest absolute Gasteiger partial charge is 0.417 e. The van der Waals surface area contributed by atoms with Gasteiger partial charge in [0, 0.05) is 6.20 Å². The second kappa shape index (κ2) is 5.94. The Morgan fingerprint density at radius 2 is 1.77 bits per heavy atom. The Bertz CT molecular complexity index is 810. The average molecular weight is 371 g/mol. The van der Waals surface area contributed by atoms with Crippen molar-refractivity contribution in [3.63, 3.8) is 0 Å². The highest BCUT2D eigenvalue weighted by atomic mass is 35.5. The van der Waals surface area contributed by atoms with Crippen LogP contribution >= 0.6 is 23.2 Å². The predicted molar refractivity (Wildman–Crippen MR) is 76.5 cm³/mol. The fourth-order valence-corrected chi connectivity index (χ4v) is 3.03. The lowest BCUT2D eigenvalue weighted by Crippen LogP contribution is -2.15. The minimum Gasteiger partial charge on any atom is -0.278 e. The first-order valence-corrected chi connectivity index (χ1v) is 7.83. The van der Waals surface area contributed by atoms with Crippen LogP contribution in [0.3, 0.4) is 0 Å². The summed E-state index contributed by atoms with van der Waals surface area (Å²) in [5, 5.41) is -0.414. The van der Waals surface area contributed by atoms with Gasteiger partial charge in [-0.05, 0) is 24.3 Å². The van der Waals surface area contributed by atoms with Gasteiger partial charge in [0.1, 0.15) is 0 Å². The Morgan fingerprint density at radius 3 is 2.36 bits per heavy atom. The molecule has 1 N–H and O–H groups in total. The van der Waals surface area contributed by atoms with Crippen LogP contribution in [-0.4, -0.2) is 13.4 Å². The average Bonchev–Trinajstić information content (AvgIpc) is 2.36. The van der Waals surface area contributed by atoms with E-state index in [2.05, 4.69) is 9.71 Å². The van der Waals surface area contributed by atoms with E-state index in [1.807, 2.05) is 0 Å². The molecule has 0 aliphatic heterocycles. The van der Waals surface area contributed by atoms with Gasteiger partial charge in [-0.1, -0.05) is 23.2 Å². The van der Waals surface area contributed by atoms with Gasteiger partial charge in [0.2, 0.25) is 0 Å². The molecule has 1 aromatic carbocycles. The lowest BCUT2D eigenvalue weighted by molar-refractivity contribution is -0.137. The SMILES string of the molecule is O=S(=O)(Nc1cncc(Cl)c1)c1ccc(Cl)c(C(F)(F)F)c1. The van der Waals surface area contributed by atoms with Gasteiger partial charge in [-0.2, -0.15) is 13.2 Å². The number of rotatable bonds is 3. The molecule has 0 atom stereocenters. The summed E-state index contributed by atoms with van der Waals surface area (Å²) in [6, 6.07) is 3.57. The maximum absolute atomic E-state index is 12.8. The second-order valence-electron chi connectivity index (χ2n) is 4.14. The molecule has 2 aromatic rings. The van der Waals surface area contributed by atoms with E-state index < -0.39 is 31.7 Å². The zero-order valence-electron chi connectivity index (χ0n) is 10.5. The van der Waals surface area contributed by atoms with Crippen LogP contribution in [0.5, 0.6) is 0 Å². The van der Waals surface area contributed by atoms with E-state index in [1.54, 1.807) is 0 Å². The van der Waals surface area contributed by atoms with Gasteiger partial charge < -0.3 is 0 Å². The molecule has 0 bridgehead atoms. The van der Waals surface area contributed by atoms with E-state index >= 15 is 0 Å². The van der Waals surface area contributed by atoms with Crippen molar-refractivity contribution in [2.75, 3.05) is 4.72 Å². The first-order chi connectivity index (χ1) is 10.1. The molecular weight excluding hydrogens is 364 g/mol. The summed E-state index contributed by atoms with van der Waals surface area (Å²) in [6.45, 7) is 0. The van der Waals surface area contributed by atoms with E-state index in [4.69, 9.17) is 23.2 Å². The fourth-order valence-electron chi connectivity index (χ4n) is 1.57. The van der Waals surface area contributed by atoms with Crippen LogP contribution in [0.25, 0.3) is 0 Å². The van der Waals surface area contributed by atoms with Crippen molar-refractivity contribution >= 4 is 38.9 Å². The zero-order valence-corrected chi connectivity index (χ0v) is 12.9. The van der Waals surface area contributed by atoms with E-state index in [0.717, 1.165) is 12.1 Å². The lowest BCUT2D eigenvalue weighted by Gasteiger charge is -2.12. The van der Waals surface area contributed by atoms with Gasteiger partial charge in [0.25, 0.3) is 10.0 Å². The van der Waals surface area contributed by atoms with Crippen molar-refractivity contribution in [2.24, 2.45) is 0 Å². The number of hydrogen-bond acceptors (Lipinski definition) is 3. The Labute approximate surface area is 133 Å². The maximum Gasteiger partial charge on any atom is 0.417 e. The molecular formula is C12H7Cl2F3N2O2S. The smallest absolute Gasteiger partial charge is 0.278 e. The molecule has 1 aromatic heterocycles. The molecule has 0 radical (unpaired) electrons. The summed E-state index contributed by atoms with van der Waals surface area (Å²) < 4.78 is 64.6.